The van der Waals surface area contributed by atoms with Gasteiger partial charge in [0, 0.05) is 30.1 Å². The van der Waals surface area contributed by atoms with Gasteiger partial charge in [-0.15, -0.1) is 17.9 Å². The summed E-state index contributed by atoms with van der Waals surface area (Å²) in [6, 6.07) is 6.14. The van der Waals surface area contributed by atoms with Crippen molar-refractivity contribution in [3.8, 4) is 0 Å². The van der Waals surface area contributed by atoms with Crippen molar-refractivity contribution >= 4 is 60.8 Å². The van der Waals surface area contributed by atoms with Crippen molar-refractivity contribution in [3.05, 3.63) is 57.7 Å². The second-order valence-corrected chi connectivity index (χ2v) is 13.9. The number of carbonyl (C=O) groups excluding carboxylic acids is 1. The van der Waals surface area contributed by atoms with Gasteiger partial charge < -0.3 is 5.32 Å². The number of nitrogens with one attached hydrogen (secondary N) is 2. The van der Waals surface area contributed by atoms with Crippen LogP contribution in [0.2, 0.25) is 0 Å². The molecule has 12 heteroatoms. The normalized spacial score (nSPS) is 17.5. The van der Waals surface area contributed by atoms with Crippen molar-refractivity contribution in [2.75, 3.05) is 17.6 Å². The van der Waals surface area contributed by atoms with Crippen LogP contribution >= 0.6 is 23.1 Å². The lowest BCUT2D eigenvalue weighted by atomic mass is 9.89. The molecule has 5 rings (SSSR count). The lowest BCUT2D eigenvalue weighted by Gasteiger charge is -2.17. The number of hydrogen-bond donors (Lipinski definition) is 2. The number of sulfonamides is 1. The van der Waals surface area contributed by atoms with Crippen molar-refractivity contribution in [2.24, 2.45) is 10.9 Å². The summed E-state index contributed by atoms with van der Waals surface area (Å²) < 4.78 is 30.0. The van der Waals surface area contributed by atoms with Gasteiger partial charge in [0.05, 0.1) is 16.0 Å². The van der Waals surface area contributed by atoms with Gasteiger partial charge in [0.25, 0.3) is 15.6 Å². The maximum absolute atomic E-state index is 13.5. The van der Waals surface area contributed by atoms with Crippen LogP contribution in [0.3, 0.4) is 0 Å². The van der Waals surface area contributed by atoms with Gasteiger partial charge in [-0.1, -0.05) is 37.2 Å². The topological polar surface area (TPSA) is 123 Å². The lowest BCUT2D eigenvalue weighted by molar-refractivity contribution is -0.113. The van der Waals surface area contributed by atoms with Crippen molar-refractivity contribution < 1.29 is 13.2 Å². The van der Waals surface area contributed by atoms with E-state index in [9.17, 15) is 18.0 Å². The number of nitrogens with zero attached hydrogens (tertiary/aromatic N) is 3. The number of thiophene rings is 1. The van der Waals surface area contributed by atoms with Gasteiger partial charge in [0.15, 0.2) is 5.16 Å². The summed E-state index contributed by atoms with van der Waals surface area (Å²) in [7, 11) is -3.83. The summed E-state index contributed by atoms with van der Waals surface area (Å²) in [5.41, 5.74) is 1.39. The zero-order valence-corrected chi connectivity index (χ0v) is 24.9. The van der Waals surface area contributed by atoms with E-state index >= 15 is 0 Å². The van der Waals surface area contributed by atoms with Crippen LogP contribution in [0, 0.1) is 5.92 Å². The molecule has 2 aliphatic rings. The minimum atomic E-state index is -3.83. The maximum atomic E-state index is 13.5. The van der Waals surface area contributed by atoms with Gasteiger partial charge in [-0.3, -0.25) is 23.9 Å². The zero-order valence-electron chi connectivity index (χ0n) is 22.4. The predicted octanol–water partition coefficient (Wildman–Crippen LogP) is 4.75. The summed E-state index contributed by atoms with van der Waals surface area (Å²) in [4.78, 5) is 37.5. The van der Waals surface area contributed by atoms with E-state index in [0.29, 0.717) is 47.5 Å². The molecule has 0 fully saturated rings. The fraction of sp³-hybridized carbons (Fsp3) is 0.429. The van der Waals surface area contributed by atoms with E-state index in [0.717, 1.165) is 48.9 Å². The molecule has 0 unspecified atom stereocenters. The van der Waals surface area contributed by atoms with E-state index in [1.54, 1.807) is 34.1 Å². The van der Waals surface area contributed by atoms with Crippen LogP contribution in [0.1, 0.15) is 49.5 Å². The van der Waals surface area contributed by atoms with Gasteiger partial charge in [-0.05, 0) is 61.8 Å². The molecule has 212 valence electrons. The minimum Gasteiger partial charge on any atom is -0.325 e. The quantitative estimate of drug-likeness (QED) is 0.219. The van der Waals surface area contributed by atoms with E-state index in [4.69, 9.17) is 4.98 Å². The molecule has 0 bridgehead atoms. The highest BCUT2D eigenvalue weighted by Gasteiger charge is 2.25. The molecule has 1 amide bonds. The Morgan fingerprint density at radius 3 is 2.95 bits per heavy atom. The number of aliphatic imine (C=N–C) groups is 1. The van der Waals surface area contributed by atoms with Gasteiger partial charge in [-0.2, -0.15) is 0 Å². The summed E-state index contributed by atoms with van der Waals surface area (Å²) in [6.45, 7) is 6.93. The molecule has 0 saturated heterocycles. The standard InChI is InChI=1S/C28H33N5O4S3/c1-3-14-33-27(35)25-21-12-11-18(2)15-22(21)39-26(25)31-28(33)38-17-24(34)30-19-8-7-9-20(16-19)40(36,37)32-23-10-5-4-6-13-29-23/h3,7-9,16,18H,1,4-6,10-15,17H2,2H3,(H,29,32)(H,30,34)/t18-/m0/s1. The number of amides is 1. The van der Waals surface area contributed by atoms with E-state index < -0.39 is 10.0 Å². The minimum absolute atomic E-state index is 0.00322. The number of hydrogen-bond acceptors (Lipinski definition) is 8. The average Bonchev–Trinajstić information content (AvgIpc) is 3.08. The number of benzene rings is 1. The maximum Gasteiger partial charge on any atom is 0.263 e. The monoisotopic (exact) mass is 599 g/mol. The van der Waals surface area contributed by atoms with E-state index in [-0.39, 0.29) is 22.1 Å². The van der Waals surface area contributed by atoms with E-state index in [2.05, 4.69) is 28.5 Å². The highest BCUT2D eigenvalue weighted by Crippen LogP contribution is 2.36. The first-order valence-corrected chi connectivity index (χ1v) is 16.8. The molecule has 3 aromatic rings. The number of fused-ring (bicyclic) bond motifs is 3. The summed E-state index contributed by atoms with van der Waals surface area (Å²) in [5, 5.41) is 3.93. The number of carbonyl (C=O) groups is 1. The molecule has 0 radical (unpaired) electrons. The molecule has 1 aliphatic carbocycles. The Morgan fingerprint density at radius 2 is 2.12 bits per heavy atom. The molecular weight excluding hydrogens is 567 g/mol. The van der Waals surface area contributed by atoms with Crippen LogP contribution in [0.15, 0.2) is 56.8 Å². The molecular formula is C28H33N5O4S3. The van der Waals surface area contributed by atoms with Crippen molar-refractivity contribution in [3.63, 3.8) is 0 Å². The van der Waals surface area contributed by atoms with Crippen LogP contribution in [-0.2, 0) is 34.2 Å². The predicted molar refractivity (Wildman–Crippen MR) is 162 cm³/mol. The van der Waals surface area contributed by atoms with E-state index in [1.807, 2.05) is 0 Å². The first-order valence-electron chi connectivity index (χ1n) is 13.5. The fourth-order valence-corrected chi connectivity index (χ4v) is 8.41. The number of amidine groups is 1. The molecule has 2 N–H and O–H groups in total. The van der Waals surface area contributed by atoms with Crippen LogP contribution in [0.5, 0.6) is 0 Å². The Labute approximate surface area is 242 Å². The molecule has 1 aliphatic heterocycles. The number of allylic oxidation sites excluding steroid dienone is 1. The van der Waals surface area contributed by atoms with Crippen LogP contribution in [-0.4, -0.2) is 42.0 Å². The Hall–Kier alpha value is -2.96. The molecule has 0 spiro atoms. The summed E-state index contributed by atoms with van der Waals surface area (Å²) >= 11 is 2.75. The van der Waals surface area contributed by atoms with Crippen molar-refractivity contribution in [1.82, 2.24) is 14.3 Å². The summed E-state index contributed by atoms with van der Waals surface area (Å²) in [6.07, 6.45) is 8.02. The molecule has 2 aromatic heterocycles. The van der Waals surface area contributed by atoms with Gasteiger partial charge in [0.1, 0.15) is 10.7 Å². The van der Waals surface area contributed by atoms with Crippen LogP contribution in [0.4, 0.5) is 5.69 Å². The molecule has 9 nitrogen and oxygen atoms in total. The van der Waals surface area contributed by atoms with Gasteiger partial charge >= 0.3 is 0 Å². The van der Waals surface area contributed by atoms with Gasteiger partial charge in [0.2, 0.25) is 5.91 Å². The van der Waals surface area contributed by atoms with Crippen LogP contribution < -0.4 is 15.6 Å². The molecule has 1 atom stereocenters. The Bertz CT molecular complexity index is 1640. The van der Waals surface area contributed by atoms with Crippen molar-refractivity contribution in [1.29, 1.82) is 0 Å². The van der Waals surface area contributed by atoms with Crippen molar-refractivity contribution in [2.45, 2.75) is 68.5 Å². The molecule has 0 saturated carbocycles. The highest BCUT2D eigenvalue weighted by molar-refractivity contribution is 7.99. The third-order valence-electron chi connectivity index (χ3n) is 7.08. The number of anilines is 1. The number of thioether (sulfide) groups is 1. The largest absolute Gasteiger partial charge is 0.325 e. The zero-order chi connectivity index (χ0) is 28.3. The SMILES string of the molecule is C=CCn1c(SCC(=O)Nc2cccc(S(=O)(=O)NC3=NCCCCC3)c2)nc2sc3c(c2c1=O)CC[C@H](C)C3. The smallest absolute Gasteiger partial charge is 0.263 e. The second kappa shape index (κ2) is 12.3. The average molecular weight is 600 g/mol. The second-order valence-electron chi connectivity index (χ2n) is 10.2. The third kappa shape index (κ3) is 6.34. The molecule has 1 aromatic carbocycles. The highest BCUT2D eigenvalue weighted by atomic mass is 32.2. The Morgan fingerprint density at radius 1 is 1.27 bits per heavy atom. The molecule has 40 heavy (non-hydrogen) atoms. The Kier molecular flexibility index (Phi) is 8.77. The number of aryl methyl sites for hydroxylation is 1. The first-order chi connectivity index (χ1) is 19.2. The van der Waals surface area contributed by atoms with Crippen LogP contribution in [0.25, 0.3) is 10.2 Å². The van der Waals surface area contributed by atoms with Gasteiger partial charge in [-0.25, -0.2) is 13.4 Å². The van der Waals surface area contributed by atoms with E-state index in [1.165, 1.54) is 28.8 Å². The lowest BCUT2D eigenvalue weighted by Crippen LogP contribution is -2.30. The third-order valence-corrected chi connectivity index (χ3v) is 10.6. The number of aromatic nitrogens is 2. The molecule has 3 heterocycles. The first kappa shape index (κ1) is 28.6. The Balaban J connectivity index is 1.30. The fourth-order valence-electron chi connectivity index (χ4n) is 5.04. The number of rotatable bonds is 8. The summed E-state index contributed by atoms with van der Waals surface area (Å²) in [5.74, 6) is 0.728.